The molecule has 5 atom stereocenters. The van der Waals surface area contributed by atoms with Crippen LogP contribution >= 0.6 is 0 Å². The zero-order valence-electron chi connectivity index (χ0n) is 18.5. The molecule has 3 aromatic carbocycles. The summed E-state index contributed by atoms with van der Waals surface area (Å²) in [7, 11) is 0. The number of aliphatic hydroxyl groups is 1. The van der Waals surface area contributed by atoms with Gasteiger partial charge in [-0.05, 0) is 16.7 Å². The van der Waals surface area contributed by atoms with E-state index in [-0.39, 0.29) is 6.61 Å². The van der Waals surface area contributed by atoms with Crippen LogP contribution in [0.25, 0.3) is 0 Å². The first-order valence-electron chi connectivity index (χ1n) is 11.2. The van der Waals surface area contributed by atoms with Crippen molar-refractivity contribution in [2.75, 3.05) is 6.61 Å². The van der Waals surface area contributed by atoms with E-state index >= 15 is 0 Å². The number of nitrogens with two attached hydrogens (primary N) is 1. The van der Waals surface area contributed by atoms with E-state index in [4.69, 9.17) is 24.7 Å². The van der Waals surface area contributed by atoms with Crippen LogP contribution in [0.15, 0.2) is 91.0 Å². The van der Waals surface area contributed by atoms with Gasteiger partial charge in [0.05, 0.1) is 26.4 Å². The minimum Gasteiger partial charge on any atom is -0.387 e. The lowest BCUT2D eigenvalue weighted by Crippen LogP contribution is -2.62. The molecule has 174 valence electrons. The van der Waals surface area contributed by atoms with E-state index in [9.17, 15) is 5.11 Å². The van der Waals surface area contributed by atoms with E-state index in [1.807, 2.05) is 91.0 Å². The predicted octanol–water partition coefficient (Wildman–Crippen LogP) is 3.42. The van der Waals surface area contributed by atoms with Gasteiger partial charge in [-0.25, -0.2) is 0 Å². The quantitative estimate of drug-likeness (QED) is 0.494. The van der Waals surface area contributed by atoms with Crippen molar-refractivity contribution in [3.05, 3.63) is 108 Å². The van der Waals surface area contributed by atoms with Crippen LogP contribution in [0, 0.1) is 0 Å². The Kier molecular flexibility index (Phi) is 8.60. The minimum absolute atomic E-state index is 0.195. The van der Waals surface area contributed by atoms with Crippen LogP contribution in [0.2, 0.25) is 0 Å². The maximum absolute atomic E-state index is 11.1. The predicted molar refractivity (Wildman–Crippen MR) is 125 cm³/mol. The number of rotatable bonds is 10. The molecule has 1 unspecified atom stereocenters. The summed E-state index contributed by atoms with van der Waals surface area (Å²) in [4.78, 5) is 0. The summed E-state index contributed by atoms with van der Waals surface area (Å²) in [6, 6.07) is 29.5. The van der Waals surface area contributed by atoms with Crippen molar-refractivity contribution in [1.29, 1.82) is 0 Å². The number of hydrogen-bond acceptors (Lipinski definition) is 6. The van der Waals surface area contributed by atoms with Gasteiger partial charge in [0.1, 0.15) is 30.6 Å². The average Bonchev–Trinajstić information content (AvgIpc) is 2.86. The topological polar surface area (TPSA) is 83.2 Å². The van der Waals surface area contributed by atoms with Gasteiger partial charge in [0, 0.05) is 0 Å². The van der Waals surface area contributed by atoms with Gasteiger partial charge >= 0.3 is 0 Å². The highest BCUT2D eigenvalue weighted by Gasteiger charge is 2.45. The number of ether oxygens (including phenoxy) is 4. The molecule has 0 spiro atoms. The van der Waals surface area contributed by atoms with Crippen molar-refractivity contribution < 1.29 is 24.1 Å². The fraction of sp³-hybridized carbons (Fsp3) is 0.333. The molecular weight excluding hydrogens is 418 g/mol. The SMILES string of the molecule is NC1O[C@H](COCc2ccccc2)[C@H](O)[C@H](OCc2ccccc2)[C@H]1OCc1ccccc1. The summed E-state index contributed by atoms with van der Waals surface area (Å²) < 4.78 is 24.0. The fourth-order valence-corrected chi connectivity index (χ4v) is 3.87. The zero-order valence-corrected chi connectivity index (χ0v) is 18.5. The average molecular weight is 450 g/mol. The van der Waals surface area contributed by atoms with Crippen LogP contribution in [0.3, 0.4) is 0 Å². The molecule has 1 aliphatic rings. The van der Waals surface area contributed by atoms with E-state index < -0.39 is 30.6 Å². The lowest BCUT2D eigenvalue weighted by molar-refractivity contribution is -0.259. The summed E-state index contributed by atoms with van der Waals surface area (Å²) >= 11 is 0. The molecule has 0 radical (unpaired) electrons. The van der Waals surface area contributed by atoms with E-state index in [1.165, 1.54) is 0 Å². The number of benzene rings is 3. The van der Waals surface area contributed by atoms with Crippen LogP contribution < -0.4 is 5.73 Å². The zero-order chi connectivity index (χ0) is 22.9. The Balaban J connectivity index is 1.41. The molecule has 0 bridgehead atoms. The van der Waals surface area contributed by atoms with Crippen LogP contribution in [0.5, 0.6) is 0 Å². The molecular formula is C27H31NO5. The van der Waals surface area contributed by atoms with E-state index in [1.54, 1.807) is 0 Å². The van der Waals surface area contributed by atoms with Gasteiger partial charge in [-0.2, -0.15) is 0 Å². The van der Waals surface area contributed by atoms with Crippen molar-refractivity contribution in [2.45, 2.75) is 50.5 Å². The molecule has 1 heterocycles. The summed E-state index contributed by atoms with van der Waals surface area (Å²) in [5.74, 6) is 0. The van der Waals surface area contributed by atoms with Crippen molar-refractivity contribution >= 4 is 0 Å². The molecule has 3 aromatic rings. The highest BCUT2D eigenvalue weighted by atomic mass is 16.6. The third-order valence-corrected chi connectivity index (χ3v) is 5.66. The summed E-state index contributed by atoms with van der Waals surface area (Å²) in [6.45, 7) is 1.29. The van der Waals surface area contributed by atoms with Crippen molar-refractivity contribution in [3.63, 3.8) is 0 Å². The maximum atomic E-state index is 11.1. The van der Waals surface area contributed by atoms with Crippen molar-refractivity contribution in [1.82, 2.24) is 0 Å². The molecule has 1 fully saturated rings. The number of hydrogen-bond donors (Lipinski definition) is 2. The van der Waals surface area contributed by atoms with Gasteiger partial charge in [-0.15, -0.1) is 0 Å². The van der Waals surface area contributed by atoms with Gasteiger partial charge in [0.15, 0.2) is 0 Å². The minimum atomic E-state index is -0.954. The summed E-state index contributed by atoms with van der Waals surface area (Å²) in [5, 5.41) is 11.1. The van der Waals surface area contributed by atoms with Gasteiger partial charge in [0.25, 0.3) is 0 Å². The van der Waals surface area contributed by atoms with Crippen LogP contribution in [-0.2, 0) is 38.8 Å². The molecule has 0 aromatic heterocycles. The molecule has 6 heteroatoms. The smallest absolute Gasteiger partial charge is 0.135 e. The first kappa shape index (κ1) is 23.6. The van der Waals surface area contributed by atoms with Crippen LogP contribution in [0.1, 0.15) is 16.7 Å². The summed E-state index contributed by atoms with van der Waals surface area (Å²) in [6.07, 6.45) is -3.63. The molecule has 0 aliphatic carbocycles. The first-order chi connectivity index (χ1) is 16.2. The Morgan fingerprint density at radius 1 is 0.667 bits per heavy atom. The molecule has 33 heavy (non-hydrogen) atoms. The molecule has 1 aliphatic heterocycles. The molecule has 6 nitrogen and oxygen atoms in total. The standard InChI is InChI=1S/C27H31NO5/c28-27-26(32-18-22-14-8-3-9-15-22)25(31-17-21-12-6-2-7-13-21)24(29)23(33-27)19-30-16-20-10-4-1-5-11-20/h1-15,23-27,29H,16-19,28H2/t23-,24+,25+,26-,27?/m1/s1. The second-order valence-electron chi connectivity index (χ2n) is 8.15. The Morgan fingerprint density at radius 3 is 1.64 bits per heavy atom. The monoisotopic (exact) mass is 449 g/mol. The Bertz CT molecular complexity index is 941. The first-order valence-corrected chi connectivity index (χ1v) is 11.2. The molecule has 0 saturated carbocycles. The third kappa shape index (κ3) is 6.71. The largest absolute Gasteiger partial charge is 0.387 e. The van der Waals surface area contributed by atoms with E-state index in [2.05, 4.69) is 0 Å². The second-order valence-corrected chi connectivity index (χ2v) is 8.15. The van der Waals surface area contributed by atoms with Gasteiger partial charge < -0.3 is 29.8 Å². The van der Waals surface area contributed by atoms with Crippen LogP contribution in [0.4, 0.5) is 0 Å². The highest BCUT2D eigenvalue weighted by molar-refractivity contribution is 5.15. The lowest BCUT2D eigenvalue weighted by Gasteiger charge is -2.43. The maximum Gasteiger partial charge on any atom is 0.135 e. The third-order valence-electron chi connectivity index (χ3n) is 5.66. The van der Waals surface area contributed by atoms with E-state index in [0.29, 0.717) is 19.8 Å². The Labute approximate surface area is 194 Å². The number of aliphatic hydroxyl groups excluding tert-OH is 1. The van der Waals surface area contributed by atoms with Crippen LogP contribution in [-0.4, -0.2) is 42.4 Å². The van der Waals surface area contributed by atoms with Gasteiger partial charge in [-0.1, -0.05) is 91.0 Å². The molecule has 3 N–H and O–H groups in total. The van der Waals surface area contributed by atoms with E-state index in [0.717, 1.165) is 16.7 Å². The van der Waals surface area contributed by atoms with Gasteiger partial charge in [-0.3, -0.25) is 0 Å². The molecule has 4 rings (SSSR count). The normalized spacial score (nSPS) is 25.1. The fourth-order valence-electron chi connectivity index (χ4n) is 3.87. The Morgan fingerprint density at radius 2 is 1.12 bits per heavy atom. The highest BCUT2D eigenvalue weighted by Crippen LogP contribution is 2.26. The lowest BCUT2D eigenvalue weighted by atomic mass is 9.97. The summed E-state index contributed by atoms with van der Waals surface area (Å²) in [5.41, 5.74) is 9.41. The van der Waals surface area contributed by atoms with Gasteiger partial charge in [0.2, 0.25) is 0 Å². The second kappa shape index (κ2) is 12.0. The molecule has 1 saturated heterocycles. The molecule has 0 amide bonds. The van der Waals surface area contributed by atoms with Crippen molar-refractivity contribution in [2.24, 2.45) is 5.73 Å². The van der Waals surface area contributed by atoms with Crippen molar-refractivity contribution in [3.8, 4) is 0 Å². The Hall–Kier alpha value is -2.58.